The first-order valence-electron chi connectivity index (χ1n) is 10.4. The van der Waals surface area contributed by atoms with Gasteiger partial charge in [-0.2, -0.15) is 0 Å². The number of sulfonamides is 1. The summed E-state index contributed by atoms with van der Waals surface area (Å²) in [5.41, 5.74) is 5.51. The first-order valence-corrected chi connectivity index (χ1v) is 11.9. The minimum atomic E-state index is -3.50. The Labute approximate surface area is 170 Å². The van der Waals surface area contributed by atoms with Gasteiger partial charge in [0.15, 0.2) is 0 Å². The molecule has 0 bridgehead atoms. The van der Waals surface area contributed by atoms with Gasteiger partial charge in [0.05, 0.1) is 5.25 Å². The maximum Gasteiger partial charge on any atom is 0.225 e. The third kappa shape index (κ3) is 4.98. The number of carbonyl (C=O) groups is 1. The van der Waals surface area contributed by atoms with Crippen LogP contribution in [0.1, 0.15) is 71.1 Å². The van der Waals surface area contributed by atoms with Crippen LogP contribution in [0.3, 0.4) is 0 Å². The van der Waals surface area contributed by atoms with E-state index in [4.69, 9.17) is 5.73 Å². The van der Waals surface area contributed by atoms with Gasteiger partial charge in [0.1, 0.15) is 0 Å². The molecule has 3 fully saturated rings. The van der Waals surface area contributed by atoms with Crippen molar-refractivity contribution in [2.24, 2.45) is 17.6 Å². The van der Waals surface area contributed by atoms with Crippen molar-refractivity contribution in [3.8, 4) is 0 Å². The van der Waals surface area contributed by atoms with Crippen LogP contribution in [0, 0.1) is 11.8 Å². The molecule has 158 valence electrons. The largest absolute Gasteiger partial charge is 0.341 e. The lowest BCUT2D eigenvalue weighted by atomic mass is 9.74. The number of carbonyl (C=O) groups excluding carboxylic acids is 1. The third-order valence-electron chi connectivity index (χ3n) is 7.00. The fourth-order valence-corrected chi connectivity index (χ4v) is 7.07. The van der Waals surface area contributed by atoms with E-state index in [1.165, 1.54) is 0 Å². The van der Waals surface area contributed by atoms with E-state index in [1.807, 2.05) is 4.90 Å². The van der Waals surface area contributed by atoms with Crippen LogP contribution in [-0.2, 0) is 14.8 Å². The van der Waals surface area contributed by atoms with Crippen LogP contribution in [0.25, 0.3) is 0 Å². The molecular weight excluding hydrogens is 386 g/mol. The standard InChI is InChI=1S/C19H35N3O3S.ClH/c1-15-7-4-5-11-19(15,14-20)21-26(24,25)17-10-6-12-22(13-17)18(23)16-8-2-3-9-16;/h15-17,21H,2-14,20H2,1H3;1H. The zero-order valence-corrected chi connectivity index (χ0v) is 18.1. The molecule has 2 saturated carbocycles. The Morgan fingerprint density at radius 3 is 2.41 bits per heavy atom. The van der Waals surface area contributed by atoms with Gasteiger partial charge >= 0.3 is 0 Å². The topological polar surface area (TPSA) is 92.5 Å². The maximum atomic E-state index is 13.1. The molecular formula is C19H36ClN3O3S. The van der Waals surface area contributed by atoms with E-state index < -0.39 is 20.8 Å². The molecule has 8 heteroatoms. The van der Waals surface area contributed by atoms with E-state index in [0.717, 1.165) is 57.8 Å². The summed E-state index contributed by atoms with van der Waals surface area (Å²) in [6.45, 7) is 3.47. The molecule has 1 heterocycles. The number of hydrogen-bond acceptors (Lipinski definition) is 4. The number of piperidine rings is 1. The SMILES string of the molecule is CC1CCCCC1(CN)NS(=O)(=O)C1CCCN(C(=O)C2CCCC2)C1.Cl. The first-order chi connectivity index (χ1) is 12.4. The second kappa shape index (κ2) is 9.42. The highest BCUT2D eigenvalue weighted by atomic mass is 35.5. The van der Waals surface area contributed by atoms with E-state index in [-0.39, 0.29) is 30.2 Å². The summed E-state index contributed by atoms with van der Waals surface area (Å²) in [6, 6.07) is 0. The van der Waals surface area contributed by atoms with E-state index >= 15 is 0 Å². The second-order valence-corrected chi connectivity index (χ2v) is 10.6. The van der Waals surface area contributed by atoms with Gasteiger partial charge in [-0.3, -0.25) is 4.79 Å². The third-order valence-corrected chi connectivity index (χ3v) is 8.95. The minimum absolute atomic E-state index is 0. The molecule has 1 saturated heterocycles. The van der Waals surface area contributed by atoms with Crippen molar-refractivity contribution < 1.29 is 13.2 Å². The zero-order chi connectivity index (χ0) is 18.8. The van der Waals surface area contributed by atoms with Gasteiger partial charge in [-0.05, 0) is 44.4 Å². The van der Waals surface area contributed by atoms with Crippen molar-refractivity contribution in [1.82, 2.24) is 9.62 Å². The number of rotatable bonds is 5. The van der Waals surface area contributed by atoms with E-state index in [1.54, 1.807) is 0 Å². The fourth-order valence-electron chi connectivity index (χ4n) is 5.10. The Kier molecular flexibility index (Phi) is 7.99. The van der Waals surface area contributed by atoms with Gasteiger partial charge in [-0.25, -0.2) is 13.1 Å². The molecule has 0 spiro atoms. The number of likely N-dealkylation sites (tertiary alicyclic amines) is 1. The highest BCUT2D eigenvalue weighted by Crippen LogP contribution is 2.35. The molecule has 3 unspecified atom stereocenters. The summed E-state index contributed by atoms with van der Waals surface area (Å²) in [5.74, 6) is 0.524. The Morgan fingerprint density at radius 2 is 1.78 bits per heavy atom. The number of nitrogens with two attached hydrogens (primary N) is 1. The molecule has 2 aliphatic carbocycles. The summed E-state index contributed by atoms with van der Waals surface area (Å²) in [4.78, 5) is 14.5. The smallest absolute Gasteiger partial charge is 0.225 e. The van der Waals surface area contributed by atoms with Crippen molar-refractivity contribution in [2.45, 2.75) is 81.9 Å². The molecule has 6 nitrogen and oxygen atoms in total. The molecule has 3 atom stereocenters. The van der Waals surface area contributed by atoms with Gasteiger partial charge in [0.25, 0.3) is 0 Å². The van der Waals surface area contributed by atoms with Crippen LogP contribution < -0.4 is 10.5 Å². The van der Waals surface area contributed by atoms with Gasteiger partial charge in [-0.1, -0.05) is 32.6 Å². The van der Waals surface area contributed by atoms with Crippen molar-refractivity contribution in [1.29, 1.82) is 0 Å². The van der Waals surface area contributed by atoms with Gasteiger partial charge in [0.2, 0.25) is 15.9 Å². The second-order valence-electron chi connectivity index (χ2n) is 8.68. The van der Waals surface area contributed by atoms with Crippen LogP contribution in [0.15, 0.2) is 0 Å². The maximum absolute atomic E-state index is 13.1. The Bertz CT molecular complexity index is 609. The van der Waals surface area contributed by atoms with Crippen molar-refractivity contribution >= 4 is 28.3 Å². The summed E-state index contributed by atoms with van der Waals surface area (Å²) < 4.78 is 29.3. The predicted octanol–water partition coefficient (Wildman–Crippen LogP) is 2.42. The number of halogens is 1. The normalized spacial score (nSPS) is 32.9. The van der Waals surface area contributed by atoms with Gasteiger partial charge in [0, 0.05) is 31.1 Å². The van der Waals surface area contributed by atoms with Crippen molar-refractivity contribution in [2.75, 3.05) is 19.6 Å². The van der Waals surface area contributed by atoms with E-state index in [9.17, 15) is 13.2 Å². The Balaban J connectivity index is 0.00000261. The average Bonchev–Trinajstić information content (AvgIpc) is 3.18. The Hall–Kier alpha value is -0.370. The van der Waals surface area contributed by atoms with Crippen LogP contribution >= 0.6 is 12.4 Å². The summed E-state index contributed by atoms with van der Waals surface area (Å²) in [5, 5.41) is -0.515. The summed E-state index contributed by atoms with van der Waals surface area (Å²) in [6.07, 6.45) is 9.50. The van der Waals surface area contributed by atoms with Crippen LogP contribution in [0.5, 0.6) is 0 Å². The van der Waals surface area contributed by atoms with Crippen molar-refractivity contribution in [3.63, 3.8) is 0 Å². The Morgan fingerprint density at radius 1 is 1.11 bits per heavy atom. The molecule has 3 N–H and O–H groups in total. The van der Waals surface area contributed by atoms with E-state index in [0.29, 0.717) is 26.1 Å². The first kappa shape index (κ1) is 22.9. The lowest BCUT2D eigenvalue weighted by Gasteiger charge is -2.44. The van der Waals surface area contributed by atoms with Crippen LogP contribution in [0.2, 0.25) is 0 Å². The molecule has 0 aromatic carbocycles. The monoisotopic (exact) mass is 421 g/mol. The molecule has 3 rings (SSSR count). The molecule has 0 aromatic heterocycles. The average molecular weight is 422 g/mol. The van der Waals surface area contributed by atoms with Gasteiger partial charge in [-0.15, -0.1) is 12.4 Å². The van der Waals surface area contributed by atoms with E-state index in [2.05, 4.69) is 11.6 Å². The highest BCUT2D eigenvalue weighted by Gasteiger charge is 2.43. The molecule has 3 aliphatic rings. The molecule has 27 heavy (non-hydrogen) atoms. The quantitative estimate of drug-likeness (QED) is 0.712. The number of nitrogens with one attached hydrogen (secondary N) is 1. The van der Waals surface area contributed by atoms with Gasteiger partial charge < -0.3 is 10.6 Å². The lowest BCUT2D eigenvalue weighted by molar-refractivity contribution is -0.136. The van der Waals surface area contributed by atoms with Crippen LogP contribution in [0.4, 0.5) is 0 Å². The number of amides is 1. The van der Waals surface area contributed by atoms with Crippen molar-refractivity contribution in [3.05, 3.63) is 0 Å². The summed E-state index contributed by atoms with van der Waals surface area (Å²) >= 11 is 0. The van der Waals surface area contributed by atoms with Crippen LogP contribution in [-0.4, -0.2) is 49.6 Å². The molecule has 0 radical (unpaired) electrons. The lowest BCUT2D eigenvalue weighted by Crippen LogP contribution is -2.62. The highest BCUT2D eigenvalue weighted by molar-refractivity contribution is 7.90. The zero-order valence-electron chi connectivity index (χ0n) is 16.5. The molecule has 0 aromatic rings. The number of nitrogens with zero attached hydrogens (tertiary/aromatic N) is 1. The predicted molar refractivity (Wildman–Crippen MR) is 110 cm³/mol. The molecule has 1 amide bonds. The number of hydrogen-bond donors (Lipinski definition) is 2. The minimum Gasteiger partial charge on any atom is -0.341 e. The molecule has 1 aliphatic heterocycles. The summed E-state index contributed by atoms with van der Waals surface area (Å²) in [7, 11) is -3.50. The fraction of sp³-hybridized carbons (Fsp3) is 0.947.